The van der Waals surface area contributed by atoms with E-state index in [9.17, 15) is 5.11 Å². The number of hydrogen-bond acceptors (Lipinski definition) is 5. The van der Waals surface area contributed by atoms with Crippen molar-refractivity contribution in [2.45, 2.75) is 32.8 Å². The number of aliphatic hydroxyl groups is 1. The van der Waals surface area contributed by atoms with Gasteiger partial charge in [0.1, 0.15) is 0 Å². The lowest BCUT2D eigenvalue weighted by Crippen LogP contribution is -1.93. The lowest BCUT2D eigenvalue weighted by Gasteiger charge is -2.03. The van der Waals surface area contributed by atoms with Crippen LogP contribution in [-0.2, 0) is 12.8 Å². The summed E-state index contributed by atoms with van der Waals surface area (Å²) in [6.07, 6.45) is 10.2. The van der Waals surface area contributed by atoms with Gasteiger partial charge < -0.3 is 14.6 Å². The Labute approximate surface area is 143 Å². The van der Waals surface area contributed by atoms with E-state index in [-0.39, 0.29) is 13.5 Å². The van der Waals surface area contributed by atoms with Crippen molar-refractivity contribution in [2.24, 2.45) is 0 Å². The molecular weight excluding hydrogens is 304 g/mol. The molecule has 0 spiro atoms. The lowest BCUT2D eigenvalue weighted by molar-refractivity contribution is 0.179. The van der Waals surface area contributed by atoms with Crippen LogP contribution in [0.4, 0.5) is 0 Å². The van der Waals surface area contributed by atoms with E-state index in [0.717, 1.165) is 30.4 Å². The molecular formula is C19H24N2O3. The Bertz CT molecular complexity index is 729. The summed E-state index contributed by atoms with van der Waals surface area (Å²) in [5, 5.41) is 9.46. The molecule has 0 amide bonds. The quantitative estimate of drug-likeness (QED) is 0.916. The minimum absolute atomic E-state index is 0. The molecule has 1 unspecified atom stereocenters. The second kappa shape index (κ2) is 7.93. The molecule has 5 heteroatoms. The van der Waals surface area contributed by atoms with Crippen LogP contribution in [0.2, 0.25) is 0 Å². The van der Waals surface area contributed by atoms with E-state index in [1.165, 1.54) is 11.1 Å². The van der Waals surface area contributed by atoms with E-state index >= 15 is 0 Å². The van der Waals surface area contributed by atoms with Crippen LogP contribution in [0, 0.1) is 0 Å². The van der Waals surface area contributed by atoms with E-state index < -0.39 is 0 Å². The molecule has 2 aliphatic rings. The summed E-state index contributed by atoms with van der Waals surface area (Å²) < 4.78 is 9.98. The predicted molar refractivity (Wildman–Crippen MR) is 94.3 cm³/mol. The Hall–Kier alpha value is -2.40. The molecule has 0 saturated heterocycles. The third-order valence-electron chi connectivity index (χ3n) is 4.10. The lowest BCUT2D eigenvalue weighted by atomic mass is 10.2. The highest BCUT2D eigenvalue weighted by Crippen LogP contribution is 2.31. The first-order chi connectivity index (χ1) is 11.2. The number of methoxy groups -OCH3 is 2. The number of hydrogen-bond donors (Lipinski definition) is 1. The fourth-order valence-corrected chi connectivity index (χ4v) is 2.80. The molecule has 0 aliphatic heterocycles. The van der Waals surface area contributed by atoms with Crippen LogP contribution in [0.15, 0.2) is 30.6 Å². The average molecular weight is 328 g/mol. The van der Waals surface area contributed by atoms with Crippen molar-refractivity contribution in [3.63, 3.8) is 0 Å². The van der Waals surface area contributed by atoms with Crippen molar-refractivity contribution in [1.82, 2.24) is 9.97 Å². The Morgan fingerprint density at radius 3 is 2.42 bits per heavy atom. The largest absolute Gasteiger partial charge is 0.481 e. The normalized spacial score (nSPS) is 16.4. The maximum absolute atomic E-state index is 9.46. The van der Waals surface area contributed by atoms with Gasteiger partial charge in [0.15, 0.2) is 0 Å². The summed E-state index contributed by atoms with van der Waals surface area (Å²) in [6, 6.07) is 3.88. The molecule has 5 nitrogen and oxygen atoms in total. The predicted octanol–water partition coefficient (Wildman–Crippen LogP) is 3.37. The molecule has 0 bridgehead atoms. The van der Waals surface area contributed by atoms with Gasteiger partial charge in [-0.1, -0.05) is 19.6 Å². The molecule has 2 aromatic heterocycles. The maximum atomic E-state index is 9.46. The number of fused-ring (bicyclic) bond motifs is 2. The van der Waals surface area contributed by atoms with Gasteiger partial charge in [-0.25, -0.2) is 9.97 Å². The summed E-state index contributed by atoms with van der Waals surface area (Å²) in [6.45, 7) is 0. The number of pyridine rings is 2. The fraction of sp³-hybridized carbons (Fsp3) is 0.368. The van der Waals surface area contributed by atoms with Crippen LogP contribution < -0.4 is 9.47 Å². The molecule has 0 fully saturated rings. The average Bonchev–Trinajstić information content (AvgIpc) is 3.21. The zero-order valence-electron chi connectivity index (χ0n) is 13.3. The van der Waals surface area contributed by atoms with Gasteiger partial charge in [0.05, 0.1) is 20.3 Å². The Morgan fingerprint density at radius 1 is 1.04 bits per heavy atom. The molecule has 1 atom stereocenters. The summed E-state index contributed by atoms with van der Waals surface area (Å²) in [7, 11) is 3.23. The SMILES string of the molecule is C.COc1cc2c(cn1)C(O)CC2.COc1cc2c(cn1)C=CC2. The van der Waals surface area contributed by atoms with Crippen LogP contribution in [0.5, 0.6) is 11.8 Å². The summed E-state index contributed by atoms with van der Waals surface area (Å²) in [4.78, 5) is 8.13. The molecule has 1 N–H and O–H groups in total. The second-order valence-electron chi connectivity index (χ2n) is 5.51. The first-order valence-electron chi connectivity index (χ1n) is 7.61. The van der Waals surface area contributed by atoms with Crippen LogP contribution in [0.3, 0.4) is 0 Å². The Morgan fingerprint density at radius 2 is 1.71 bits per heavy atom. The topological polar surface area (TPSA) is 64.5 Å². The van der Waals surface area contributed by atoms with E-state index in [2.05, 4.69) is 22.1 Å². The number of aromatic nitrogens is 2. The summed E-state index contributed by atoms with van der Waals surface area (Å²) in [5.74, 6) is 1.33. The van der Waals surface area contributed by atoms with E-state index in [0.29, 0.717) is 11.8 Å². The number of ether oxygens (including phenoxy) is 2. The highest BCUT2D eigenvalue weighted by Gasteiger charge is 2.20. The molecule has 2 heterocycles. The Balaban J connectivity index is 0.000000167. The van der Waals surface area contributed by atoms with Gasteiger partial charge in [-0.2, -0.15) is 0 Å². The van der Waals surface area contributed by atoms with Crippen molar-refractivity contribution in [3.05, 3.63) is 52.9 Å². The zero-order chi connectivity index (χ0) is 16.2. The van der Waals surface area contributed by atoms with Gasteiger partial charge in [-0.05, 0) is 36.0 Å². The van der Waals surface area contributed by atoms with Crippen LogP contribution >= 0.6 is 0 Å². The van der Waals surface area contributed by atoms with Crippen molar-refractivity contribution < 1.29 is 14.6 Å². The zero-order valence-corrected chi connectivity index (χ0v) is 13.3. The van der Waals surface area contributed by atoms with E-state index in [1.54, 1.807) is 20.4 Å². The van der Waals surface area contributed by atoms with E-state index in [4.69, 9.17) is 9.47 Å². The molecule has 4 rings (SSSR count). The molecule has 128 valence electrons. The minimum atomic E-state index is -0.321. The highest BCUT2D eigenvalue weighted by atomic mass is 16.5. The second-order valence-corrected chi connectivity index (χ2v) is 5.51. The standard InChI is InChI=1S/C9H11NO2.C9H9NO.CH4/c1-12-9-4-6-2-3-8(11)7(6)5-10-9;1-11-9-5-7-3-2-4-8(7)6-10-9;/h4-5,8,11H,2-3H2,1H3;2,4-6H,3H2,1H3;1H4. The first-order valence-corrected chi connectivity index (χ1v) is 7.61. The third kappa shape index (κ3) is 3.74. The maximum Gasteiger partial charge on any atom is 0.213 e. The molecule has 0 saturated carbocycles. The molecule has 0 radical (unpaired) electrons. The molecule has 2 aliphatic carbocycles. The number of aryl methyl sites for hydroxylation is 1. The first kappa shape index (κ1) is 17.9. The Kier molecular flexibility index (Phi) is 5.93. The highest BCUT2D eigenvalue weighted by molar-refractivity contribution is 5.59. The van der Waals surface area contributed by atoms with Gasteiger partial charge in [-0.15, -0.1) is 0 Å². The van der Waals surface area contributed by atoms with Crippen molar-refractivity contribution in [2.75, 3.05) is 14.2 Å². The molecule has 2 aromatic rings. The smallest absolute Gasteiger partial charge is 0.213 e. The van der Waals surface area contributed by atoms with Crippen molar-refractivity contribution in [3.8, 4) is 11.8 Å². The summed E-state index contributed by atoms with van der Waals surface area (Å²) >= 11 is 0. The minimum Gasteiger partial charge on any atom is -0.481 e. The third-order valence-corrected chi connectivity index (χ3v) is 4.10. The van der Waals surface area contributed by atoms with Gasteiger partial charge in [0.2, 0.25) is 11.8 Å². The van der Waals surface area contributed by atoms with Gasteiger partial charge in [0, 0.05) is 30.1 Å². The molecule has 24 heavy (non-hydrogen) atoms. The number of nitrogens with zero attached hydrogens (tertiary/aromatic N) is 2. The van der Waals surface area contributed by atoms with E-state index in [1.807, 2.05) is 18.3 Å². The van der Waals surface area contributed by atoms with Gasteiger partial charge in [0.25, 0.3) is 0 Å². The summed E-state index contributed by atoms with van der Waals surface area (Å²) in [5.41, 5.74) is 4.63. The van der Waals surface area contributed by atoms with Gasteiger partial charge in [-0.3, -0.25) is 0 Å². The number of rotatable bonds is 2. The van der Waals surface area contributed by atoms with Crippen LogP contribution in [-0.4, -0.2) is 29.3 Å². The number of allylic oxidation sites excluding steroid dienone is 1. The van der Waals surface area contributed by atoms with Gasteiger partial charge >= 0.3 is 0 Å². The van der Waals surface area contributed by atoms with Crippen LogP contribution in [0.25, 0.3) is 6.08 Å². The van der Waals surface area contributed by atoms with Crippen molar-refractivity contribution in [1.29, 1.82) is 0 Å². The van der Waals surface area contributed by atoms with Crippen molar-refractivity contribution >= 4 is 6.08 Å². The molecule has 0 aromatic carbocycles. The van der Waals surface area contributed by atoms with Crippen LogP contribution in [0.1, 0.15) is 42.2 Å². The fourth-order valence-electron chi connectivity index (χ4n) is 2.80. The number of aliphatic hydroxyl groups excluding tert-OH is 1. The monoisotopic (exact) mass is 328 g/mol.